The minimum atomic E-state index is -4.49. The Morgan fingerprint density at radius 2 is 1.85 bits per heavy atom. The van der Waals surface area contributed by atoms with Gasteiger partial charge >= 0.3 is 6.18 Å². The van der Waals surface area contributed by atoms with E-state index in [1.54, 1.807) is 0 Å². The van der Waals surface area contributed by atoms with Crippen LogP contribution in [0.25, 0.3) is 0 Å². The topological polar surface area (TPSA) is 39.3 Å². The van der Waals surface area contributed by atoms with Crippen molar-refractivity contribution in [2.75, 3.05) is 0 Å². The Morgan fingerprint density at radius 3 is 2.41 bits per heavy atom. The van der Waals surface area contributed by atoms with Crippen LogP contribution in [0.2, 0.25) is 0 Å². The van der Waals surface area contributed by atoms with Gasteiger partial charge in [-0.15, -0.1) is 0 Å². The van der Waals surface area contributed by atoms with Crippen molar-refractivity contribution in [3.8, 4) is 0 Å². The third kappa shape index (κ3) is 4.34. The molecule has 2 aromatic rings. The van der Waals surface area contributed by atoms with E-state index in [1.807, 2.05) is 22.5 Å². The smallest absolute Gasteiger partial charge is 0.291 e. The van der Waals surface area contributed by atoms with Gasteiger partial charge in [-0.25, -0.2) is 0 Å². The van der Waals surface area contributed by atoms with Crippen molar-refractivity contribution in [3.05, 3.63) is 52.6 Å². The summed E-state index contributed by atoms with van der Waals surface area (Å²) in [5.41, 5.74) is 0.435. The van der Waals surface area contributed by atoms with E-state index in [4.69, 9.17) is 0 Å². The fourth-order valence-electron chi connectivity index (χ4n) is 3.12. The van der Waals surface area contributed by atoms with Gasteiger partial charge in [-0.05, 0) is 37.0 Å². The third-order valence-corrected chi connectivity index (χ3v) is 4.79. The monoisotopic (exact) mass is 379 g/mol. The van der Waals surface area contributed by atoms with Crippen molar-refractivity contribution >= 4 is 5.91 Å². The Hall–Kier alpha value is -2.31. The molecule has 7 heteroatoms. The van der Waals surface area contributed by atoms with Gasteiger partial charge in [0.15, 0.2) is 5.49 Å². The van der Waals surface area contributed by atoms with E-state index in [9.17, 15) is 18.0 Å². The van der Waals surface area contributed by atoms with Crippen LogP contribution >= 0.6 is 0 Å². The summed E-state index contributed by atoms with van der Waals surface area (Å²) in [5, 5.41) is 0. The van der Waals surface area contributed by atoms with Gasteiger partial charge in [0.2, 0.25) is 0 Å². The van der Waals surface area contributed by atoms with E-state index < -0.39 is 17.6 Å². The van der Waals surface area contributed by atoms with Crippen molar-refractivity contribution in [3.63, 3.8) is 0 Å². The van der Waals surface area contributed by atoms with E-state index in [0.29, 0.717) is 11.4 Å². The molecule has 0 radical (unpaired) electrons. The molecular formula is C20H24F3N3O. The van der Waals surface area contributed by atoms with E-state index in [2.05, 4.69) is 25.8 Å². The maximum absolute atomic E-state index is 12.9. The number of aromatic nitrogens is 2. The van der Waals surface area contributed by atoms with Crippen molar-refractivity contribution < 1.29 is 18.0 Å². The number of alkyl halides is 3. The zero-order valence-corrected chi connectivity index (χ0v) is 16.0. The molecule has 27 heavy (non-hydrogen) atoms. The number of rotatable bonds is 3. The molecule has 1 heterocycles. The lowest BCUT2D eigenvalue weighted by molar-refractivity contribution is -0.137. The average molecular weight is 379 g/mol. The van der Waals surface area contributed by atoms with Gasteiger partial charge in [0.05, 0.1) is 5.56 Å². The molecule has 1 saturated carbocycles. The third-order valence-electron chi connectivity index (χ3n) is 4.79. The molecule has 0 unspecified atom stereocenters. The van der Waals surface area contributed by atoms with Gasteiger partial charge in [-0.3, -0.25) is 14.2 Å². The second-order valence-corrected chi connectivity index (χ2v) is 8.18. The van der Waals surface area contributed by atoms with E-state index in [0.717, 1.165) is 37.2 Å². The highest BCUT2D eigenvalue weighted by atomic mass is 19.4. The van der Waals surface area contributed by atoms with Gasteiger partial charge in [0.1, 0.15) is 0 Å². The van der Waals surface area contributed by atoms with Gasteiger partial charge in [0, 0.05) is 36.3 Å². The SMILES string of the molecule is Cn1c(C(C)(C)C)cc(=NC(=O)c2cccc(C(F)(F)F)c2)n1CC1CC1. The summed E-state index contributed by atoms with van der Waals surface area (Å²) in [6, 6.07) is 6.25. The number of carbonyl (C=O) groups excluding carboxylic acids is 1. The molecule has 1 fully saturated rings. The molecule has 1 aliphatic carbocycles. The number of amides is 1. The molecule has 0 spiro atoms. The molecule has 0 bridgehead atoms. The van der Waals surface area contributed by atoms with Gasteiger partial charge < -0.3 is 0 Å². The molecule has 0 atom stereocenters. The van der Waals surface area contributed by atoms with E-state index in [-0.39, 0.29) is 11.0 Å². The second-order valence-electron chi connectivity index (χ2n) is 8.18. The summed E-state index contributed by atoms with van der Waals surface area (Å²) in [5.74, 6) is -0.106. The standard InChI is InChI=1S/C20H24F3N3O/c1-19(2,3)16-11-17(26(25(16)4)12-13-8-9-13)24-18(27)14-6-5-7-15(10-14)20(21,22)23/h5-7,10-11,13H,8-9,12H2,1-4H3. The minimum Gasteiger partial charge on any atom is -0.291 e. The molecular weight excluding hydrogens is 355 g/mol. The second kappa shape index (κ2) is 6.69. The summed E-state index contributed by atoms with van der Waals surface area (Å²) in [4.78, 5) is 16.7. The van der Waals surface area contributed by atoms with Crippen LogP contribution in [-0.2, 0) is 25.2 Å². The van der Waals surface area contributed by atoms with E-state index >= 15 is 0 Å². The van der Waals surface area contributed by atoms with Crippen LogP contribution in [-0.4, -0.2) is 15.3 Å². The largest absolute Gasteiger partial charge is 0.416 e. The Labute approximate surface area is 156 Å². The first-order valence-corrected chi connectivity index (χ1v) is 9.00. The molecule has 1 aromatic heterocycles. The highest BCUT2D eigenvalue weighted by Gasteiger charge is 2.31. The van der Waals surface area contributed by atoms with Gasteiger partial charge in [-0.2, -0.15) is 18.2 Å². The Bertz CT molecular complexity index is 925. The predicted octanol–water partition coefficient (Wildman–Crippen LogP) is 4.29. The van der Waals surface area contributed by atoms with Crippen molar-refractivity contribution in [2.45, 2.75) is 51.7 Å². The van der Waals surface area contributed by atoms with Crippen molar-refractivity contribution in [2.24, 2.45) is 18.0 Å². The van der Waals surface area contributed by atoms with Crippen LogP contribution in [0.4, 0.5) is 13.2 Å². The van der Waals surface area contributed by atoms with Crippen LogP contribution in [0.15, 0.2) is 35.3 Å². The number of carbonyl (C=O) groups is 1. The maximum atomic E-state index is 12.9. The highest BCUT2D eigenvalue weighted by Crippen LogP contribution is 2.31. The lowest BCUT2D eigenvalue weighted by Crippen LogP contribution is -2.26. The Balaban J connectivity index is 2.04. The Morgan fingerprint density at radius 1 is 1.19 bits per heavy atom. The average Bonchev–Trinajstić information content (AvgIpc) is 3.32. The quantitative estimate of drug-likeness (QED) is 0.784. The first-order valence-electron chi connectivity index (χ1n) is 9.00. The summed E-state index contributed by atoms with van der Waals surface area (Å²) >= 11 is 0. The lowest BCUT2D eigenvalue weighted by atomic mass is 9.92. The molecule has 3 rings (SSSR count). The number of nitrogens with zero attached hydrogens (tertiary/aromatic N) is 3. The van der Waals surface area contributed by atoms with E-state index in [1.165, 1.54) is 12.1 Å². The fourth-order valence-corrected chi connectivity index (χ4v) is 3.12. The summed E-state index contributed by atoms with van der Waals surface area (Å²) in [7, 11) is 1.93. The molecule has 0 aliphatic heterocycles. The molecule has 146 valence electrons. The highest BCUT2D eigenvalue weighted by molar-refractivity contribution is 5.95. The predicted molar refractivity (Wildman–Crippen MR) is 96.2 cm³/mol. The van der Waals surface area contributed by atoms with Gasteiger partial charge in [-0.1, -0.05) is 26.8 Å². The zero-order chi connectivity index (χ0) is 20.0. The van der Waals surface area contributed by atoms with Crippen LogP contribution in [0.5, 0.6) is 0 Å². The number of hydrogen-bond acceptors (Lipinski definition) is 1. The first kappa shape index (κ1) is 19.5. The summed E-state index contributed by atoms with van der Waals surface area (Å²) in [6.07, 6.45) is -2.21. The molecule has 1 aliphatic rings. The van der Waals surface area contributed by atoms with Crippen LogP contribution in [0.3, 0.4) is 0 Å². The zero-order valence-electron chi connectivity index (χ0n) is 16.0. The molecule has 1 amide bonds. The van der Waals surface area contributed by atoms with Crippen LogP contribution in [0.1, 0.15) is 55.2 Å². The minimum absolute atomic E-state index is 0.0658. The molecule has 4 nitrogen and oxygen atoms in total. The normalized spacial score (nSPS) is 16.0. The van der Waals surface area contributed by atoms with Crippen molar-refractivity contribution in [1.82, 2.24) is 9.36 Å². The summed E-state index contributed by atoms with van der Waals surface area (Å²) < 4.78 is 42.7. The number of hydrogen-bond donors (Lipinski definition) is 0. The Kier molecular flexibility index (Phi) is 4.82. The summed E-state index contributed by atoms with van der Waals surface area (Å²) in [6.45, 7) is 6.97. The molecule has 0 N–H and O–H groups in total. The van der Waals surface area contributed by atoms with Gasteiger partial charge in [0.25, 0.3) is 5.91 Å². The number of halogens is 3. The fraction of sp³-hybridized carbons (Fsp3) is 0.500. The van der Waals surface area contributed by atoms with Crippen molar-refractivity contribution in [1.29, 1.82) is 0 Å². The molecule has 0 saturated heterocycles. The lowest BCUT2D eigenvalue weighted by Gasteiger charge is -2.20. The first-order chi connectivity index (χ1) is 12.5. The number of benzene rings is 1. The maximum Gasteiger partial charge on any atom is 0.416 e. The molecule has 1 aromatic carbocycles. The van der Waals surface area contributed by atoms with Crippen LogP contribution in [0, 0.1) is 5.92 Å². The van der Waals surface area contributed by atoms with Crippen LogP contribution < -0.4 is 5.49 Å².